The first-order chi connectivity index (χ1) is 9.38. The Bertz CT molecular complexity index is 660. The number of likely N-dealkylation sites (N-methyl/N-ethyl adjacent to an activating group) is 1. The van der Waals surface area contributed by atoms with Crippen molar-refractivity contribution in [1.82, 2.24) is 19.9 Å². The van der Waals surface area contributed by atoms with E-state index in [-0.39, 0.29) is 6.04 Å². The minimum atomic E-state index is 0.217. The van der Waals surface area contributed by atoms with Crippen molar-refractivity contribution in [3.8, 4) is 0 Å². The summed E-state index contributed by atoms with van der Waals surface area (Å²) in [7, 11) is 1.97. The molecule has 0 aliphatic carbocycles. The Morgan fingerprint density at radius 2 is 2.11 bits per heavy atom. The molecule has 19 heavy (non-hydrogen) atoms. The van der Waals surface area contributed by atoms with Gasteiger partial charge in [0.1, 0.15) is 0 Å². The molecule has 0 bridgehead atoms. The summed E-state index contributed by atoms with van der Waals surface area (Å²) >= 11 is 0. The molecule has 0 saturated carbocycles. The first kappa shape index (κ1) is 11.9. The van der Waals surface area contributed by atoms with Crippen molar-refractivity contribution in [2.45, 2.75) is 12.5 Å². The number of rotatable bonds is 4. The van der Waals surface area contributed by atoms with Crippen molar-refractivity contribution >= 4 is 5.52 Å². The maximum absolute atomic E-state index is 4.39. The van der Waals surface area contributed by atoms with Gasteiger partial charge in [0.15, 0.2) is 0 Å². The third kappa shape index (κ3) is 2.35. The lowest BCUT2D eigenvalue weighted by Gasteiger charge is -2.14. The van der Waals surface area contributed by atoms with Gasteiger partial charge < -0.3 is 5.32 Å². The normalized spacial score (nSPS) is 12.7. The maximum atomic E-state index is 4.39. The van der Waals surface area contributed by atoms with Gasteiger partial charge in [-0.3, -0.25) is 4.98 Å². The van der Waals surface area contributed by atoms with Crippen LogP contribution in [0.3, 0.4) is 0 Å². The summed E-state index contributed by atoms with van der Waals surface area (Å²) in [4.78, 5) is 4.39. The number of aromatic nitrogens is 3. The molecule has 1 unspecified atom stereocenters. The Morgan fingerprint density at radius 1 is 1.21 bits per heavy atom. The largest absolute Gasteiger partial charge is 0.313 e. The van der Waals surface area contributed by atoms with Crippen LogP contribution in [0.25, 0.3) is 5.52 Å². The average molecular weight is 252 g/mol. The van der Waals surface area contributed by atoms with Crippen molar-refractivity contribution in [2.24, 2.45) is 0 Å². The Balaban J connectivity index is 1.94. The SMILES string of the molecule is CNC(Cc1ccccn1)c1cnn2ccccc12. The van der Waals surface area contributed by atoms with Gasteiger partial charge in [-0.1, -0.05) is 12.1 Å². The molecule has 0 amide bonds. The van der Waals surface area contributed by atoms with E-state index in [1.807, 2.05) is 54.4 Å². The molecule has 3 aromatic rings. The van der Waals surface area contributed by atoms with E-state index in [4.69, 9.17) is 0 Å². The molecule has 3 heterocycles. The molecule has 3 aromatic heterocycles. The van der Waals surface area contributed by atoms with Crippen LogP contribution in [-0.2, 0) is 6.42 Å². The Labute approximate surface area is 112 Å². The summed E-state index contributed by atoms with van der Waals surface area (Å²) < 4.78 is 1.90. The fourth-order valence-electron chi connectivity index (χ4n) is 2.32. The van der Waals surface area contributed by atoms with Gasteiger partial charge in [0.25, 0.3) is 0 Å². The standard InChI is InChI=1S/C15H16N4/c1-16-14(10-12-6-2-4-8-17-12)13-11-18-19-9-5-3-7-15(13)19/h2-9,11,14,16H,10H2,1H3. The van der Waals surface area contributed by atoms with Crippen LogP contribution in [-0.4, -0.2) is 21.6 Å². The Morgan fingerprint density at radius 3 is 2.89 bits per heavy atom. The first-order valence-electron chi connectivity index (χ1n) is 6.38. The second-order valence-corrected chi connectivity index (χ2v) is 4.50. The van der Waals surface area contributed by atoms with Crippen molar-refractivity contribution < 1.29 is 0 Å². The van der Waals surface area contributed by atoms with E-state index < -0.39 is 0 Å². The van der Waals surface area contributed by atoms with Crippen LogP contribution < -0.4 is 5.32 Å². The lowest BCUT2D eigenvalue weighted by Crippen LogP contribution is -2.19. The smallest absolute Gasteiger partial charge is 0.0709 e. The van der Waals surface area contributed by atoms with E-state index in [0.29, 0.717) is 0 Å². The fraction of sp³-hybridized carbons (Fsp3) is 0.200. The van der Waals surface area contributed by atoms with E-state index in [9.17, 15) is 0 Å². The third-order valence-electron chi connectivity index (χ3n) is 3.32. The summed E-state index contributed by atoms with van der Waals surface area (Å²) in [6.45, 7) is 0. The number of nitrogens with one attached hydrogen (secondary N) is 1. The molecular formula is C15H16N4. The molecule has 96 valence electrons. The Kier molecular flexibility index (Phi) is 3.25. The van der Waals surface area contributed by atoms with E-state index >= 15 is 0 Å². The summed E-state index contributed by atoms with van der Waals surface area (Å²) in [5.41, 5.74) is 3.42. The van der Waals surface area contributed by atoms with Crippen molar-refractivity contribution in [1.29, 1.82) is 0 Å². The van der Waals surface area contributed by atoms with Gasteiger partial charge in [0.05, 0.1) is 11.7 Å². The van der Waals surface area contributed by atoms with Gasteiger partial charge in [-0.15, -0.1) is 0 Å². The lowest BCUT2D eigenvalue weighted by molar-refractivity contribution is 0.588. The molecule has 0 aliphatic heterocycles. The molecule has 1 atom stereocenters. The zero-order chi connectivity index (χ0) is 13.1. The molecule has 0 fully saturated rings. The quantitative estimate of drug-likeness (QED) is 0.774. The fourth-order valence-corrected chi connectivity index (χ4v) is 2.32. The van der Waals surface area contributed by atoms with Gasteiger partial charge in [0, 0.05) is 36.1 Å². The van der Waals surface area contributed by atoms with Gasteiger partial charge >= 0.3 is 0 Å². The van der Waals surface area contributed by atoms with Crippen molar-refractivity contribution in [2.75, 3.05) is 7.05 Å². The van der Waals surface area contributed by atoms with Crippen LogP contribution in [0.2, 0.25) is 0 Å². The van der Waals surface area contributed by atoms with Crippen LogP contribution >= 0.6 is 0 Å². The van der Waals surface area contributed by atoms with Gasteiger partial charge in [-0.2, -0.15) is 5.10 Å². The molecule has 4 nitrogen and oxygen atoms in total. The first-order valence-corrected chi connectivity index (χ1v) is 6.38. The number of pyridine rings is 2. The highest BCUT2D eigenvalue weighted by Crippen LogP contribution is 2.21. The molecule has 4 heteroatoms. The minimum absolute atomic E-state index is 0.217. The van der Waals surface area contributed by atoms with E-state index in [0.717, 1.165) is 17.6 Å². The molecule has 0 spiro atoms. The number of nitrogens with zero attached hydrogens (tertiary/aromatic N) is 3. The van der Waals surface area contributed by atoms with Crippen LogP contribution in [0, 0.1) is 0 Å². The topological polar surface area (TPSA) is 42.2 Å². The third-order valence-corrected chi connectivity index (χ3v) is 3.32. The summed E-state index contributed by atoms with van der Waals surface area (Å²) in [5.74, 6) is 0. The number of fused-ring (bicyclic) bond motifs is 1. The van der Waals surface area contributed by atoms with E-state index in [1.165, 1.54) is 5.56 Å². The molecule has 0 aliphatic rings. The number of hydrogen-bond donors (Lipinski definition) is 1. The average Bonchev–Trinajstić information content (AvgIpc) is 2.90. The summed E-state index contributed by atoms with van der Waals surface area (Å²) in [5, 5.41) is 7.74. The molecule has 0 aromatic carbocycles. The lowest BCUT2D eigenvalue weighted by atomic mass is 10.0. The molecule has 0 saturated heterocycles. The summed E-state index contributed by atoms with van der Waals surface area (Å²) in [6.07, 6.45) is 6.58. The highest BCUT2D eigenvalue weighted by molar-refractivity contribution is 5.55. The molecule has 0 radical (unpaired) electrons. The second-order valence-electron chi connectivity index (χ2n) is 4.50. The zero-order valence-electron chi connectivity index (χ0n) is 10.8. The van der Waals surface area contributed by atoms with Crippen LogP contribution in [0.15, 0.2) is 55.0 Å². The predicted octanol–water partition coefficient (Wildman–Crippen LogP) is 2.23. The minimum Gasteiger partial charge on any atom is -0.313 e. The second kappa shape index (κ2) is 5.20. The highest BCUT2D eigenvalue weighted by atomic mass is 15.2. The zero-order valence-corrected chi connectivity index (χ0v) is 10.8. The van der Waals surface area contributed by atoms with E-state index in [1.54, 1.807) is 0 Å². The van der Waals surface area contributed by atoms with E-state index in [2.05, 4.69) is 27.5 Å². The van der Waals surface area contributed by atoms with Crippen molar-refractivity contribution in [3.63, 3.8) is 0 Å². The predicted molar refractivity (Wildman–Crippen MR) is 74.9 cm³/mol. The monoisotopic (exact) mass is 252 g/mol. The van der Waals surface area contributed by atoms with Crippen molar-refractivity contribution in [3.05, 3.63) is 66.2 Å². The maximum Gasteiger partial charge on any atom is 0.0709 e. The number of hydrogen-bond acceptors (Lipinski definition) is 3. The Hall–Kier alpha value is -2.20. The molecule has 3 rings (SSSR count). The van der Waals surface area contributed by atoms with Crippen LogP contribution in [0.4, 0.5) is 0 Å². The summed E-state index contributed by atoms with van der Waals surface area (Å²) in [6, 6.07) is 12.3. The highest BCUT2D eigenvalue weighted by Gasteiger charge is 2.15. The van der Waals surface area contributed by atoms with Gasteiger partial charge in [-0.05, 0) is 31.3 Å². The van der Waals surface area contributed by atoms with Gasteiger partial charge in [0.2, 0.25) is 0 Å². The van der Waals surface area contributed by atoms with Gasteiger partial charge in [-0.25, -0.2) is 4.52 Å². The molecular weight excluding hydrogens is 236 g/mol. The molecule has 1 N–H and O–H groups in total. The van der Waals surface area contributed by atoms with Crippen LogP contribution in [0.1, 0.15) is 17.3 Å². The van der Waals surface area contributed by atoms with Crippen LogP contribution in [0.5, 0.6) is 0 Å².